The predicted molar refractivity (Wildman–Crippen MR) is 83.8 cm³/mol. The summed E-state index contributed by atoms with van der Waals surface area (Å²) >= 11 is 0. The Morgan fingerprint density at radius 1 is 1.33 bits per heavy atom. The molecule has 1 atom stereocenters. The van der Waals surface area contributed by atoms with Crippen molar-refractivity contribution in [3.05, 3.63) is 48.3 Å². The van der Waals surface area contributed by atoms with Gasteiger partial charge >= 0.3 is 0 Å². The Hall–Kier alpha value is -1.88. The van der Waals surface area contributed by atoms with Gasteiger partial charge in [-0.15, -0.1) is 0 Å². The molecule has 0 aliphatic heterocycles. The molecule has 0 amide bonds. The lowest BCUT2D eigenvalue weighted by atomic mass is 10.1. The number of imidazole rings is 1. The average molecular weight is 290 g/mol. The second-order valence-electron chi connectivity index (χ2n) is 5.31. The van der Waals surface area contributed by atoms with E-state index in [1.165, 1.54) is 6.07 Å². The molecule has 0 saturated heterocycles. The normalized spacial score (nSPS) is 12.7. The molecule has 5 heteroatoms. The Bertz CT molecular complexity index is 579. The van der Waals surface area contributed by atoms with Crippen LogP contribution in [0.1, 0.15) is 38.5 Å². The van der Waals surface area contributed by atoms with E-state index in [2.05, 4.69) is 23.4 Å². The van der Waals surface area contributed by atoms with Crippen LogP contribution < -0.4 is 10.6 Å². The molecule has 0 aliphatic carbocycles. The van der Waals surface area contributed by atoms with Crippen molar-refractivity contribution in [3.8, 4) is 0 Å². The molecule has 0 bridgehead atoms. The number of hydrogen-bond donors (Lipinski definition) is 1. The molecule has 0 saturated carbocycles. The molecule has 1 heterocycles. The van der Waals surface area contributed by atoms with Crippen molar-refractivity contribution in [1.29, 1.82) is 0 Å². The third-order valence-corrected chi connectivity index (χ3v) is 3.70. The molecule has 21 heavy (non-hydrogen) atoms. The van der Waals surface area contributed by atoms with E-state index >= 15 is 0 Å². The number of anilines is 1. The maximum atomic E-state index is 14.1. The summed E-state index contributed by atoms with van der Waals surface area (Å²) in [6, 6.07) is 6.99. The summed E-state index contributed by atoms with van der Waals surface area (Å²) in [7, 11) is 0. The van der Waals surface area contributed by atoms with Gasteiger partial charge in [-0.05, 0) is 32.9 Å². The second-order valence-corrected chi connectivity index (χ2v) is 5.31. The lowest BCUT2D eigenvalue weighted by Gasteiger charge is -2.33. The van der Waals surface area contributed by atoms with E-state index in [9.17, 15) is 4.39 Å². The molecule has 1 aromatic heterocycles. The molecule has 0 fully saturated rings. The van der Waals surface area contributed by atoms with Crippen molar-refractivity contribution in [3.63, 3.8) is 0 Å². The van der Waals surface area contributed by atoms with E-state index in [0.29, 0.717) is 18.8 Å². The molecule has 2 N–H and O–H groups in total. The van der Waals surface area contributed by atoms with Crippen LogP contribution >= 0.6 is 0 Å². The molecular formula is C16H23FN4. The molecule has 2 rings (SSSR count). The maximum absolute atomic E-state index is 14.1. The van der Waals surface area contributed by atoms with Gasteiger partial charge in [-0.2, -0.15) is 0 Å². The highest BCUT2D eigenvalue weighted by Crippen LogP contribution is 2.29. The van der Waals surface area contributed by atoms with E-state index in [-0.39, 0.29) is 17.9 Å². The van der Waals surface area contributed by atoms with E-state index in [1.807, 2.05) is 24.1 Å². The van der Waals surface area contributed by atoms with Gasteiger partial charge in [0.1, 0.15) is 5.82 Å². The molecular weight excluding hydrogens is 267 g/mol. The molecule has 0 spiro atoms. The minimum atomic E-state index is -0.228. The summed E-state index contributed by atoms with van der Waals surface area (Å²) in [6.45, 7) is 7.27. The lowest BCUT2D eigenvalue weighted by Crippen LogP contribution is -2.35. The largest absolute Gasteiger partial charge is 0.360 e. The van der Waals surface area contributed by atoms with Gasteiger partial charge in [0.15, 0.2) is 0 Å². The number of hydrogen-bond acceptors (Lipinski definition) is 3. The summed E-state index contributed by atoms with van der Waals surface area (Å²) < 4.78 is 16.2. The molecule has 0 radical (unpaired) electrons. The fourth-order valence-electron chi connectivity index (χ4n) is 2.66. The first-order chi connectivity index (χ1) is 10.1. The number of halogens is 1. The molecule has 1 aromatic carbocycles. The van der Waals surface area contributed by atoms with Crippen LogP contribution in [0.4, 0.5) is 10.1 Å². The summed E-state index contributed by atoms with van der Waals surface area (Å²) in [6.07, 6.45) is 3.62. The number of likely N-dealkylation sites (N-methyl/N-ethyl adjacent to an activating group) is 1. The zero-order valence-electron chi connectivity index (χ0n) is 12.8. The van der Waals surface area contributed by atoms with Crippen molar-refractivity contribution in [2.75, 3.05) is 18.0 Å². The molecule has 114 valence electrons. The average Bonchev–Trinajstić information content (AvgIpc) is 2.95. The molecule has 4 nitrogen and oxygen atoms in total. The highest BCUT2D eigenvalue weighted by Gasteiger charge is 2.24. The number of benzene rings is 1. The number of nitrogens with zero attached hydrogens (tertiary/aromatic N) is 3. The van der Waals surface area contributed by atoms with Crippen molar-refractivity contribution in [2.45, 2.75) is 32.9 Å². The Labute approximate surface area is 125 Å². The minimum absolute atomic E-state index is 0.100. The van der Waals surface area contributed by atoms with E-state index in [1.54, 1.807) is 18.5 Å². The van der Waals surface area contributed by atoms with Gasteiger partial charge in [-0.3, -0.25) is 0 Å². The fourth-order valence-corrected chi connectivity index (χ4v) is 2.66. The standard InChI is InChI=1S/C16H23FN4/c1-4-20(14-8-6-5-7-13(14)17)15(9-18)16-10-19-11-21(16)12(2)3/h5-8,10-12,15H,4,9,18H2,1-3H3. The van der Waals surface area contributed by atoms with Crippen LogP contribution in [0.3, 0.4) is 0 Å². The smallest absolute Gasteiger partial charge is 0.146 e. The zero-order valence-corrected chi connectivity index (χ0v) is 12.8. The lowest BCUT2D eigenvalue weighted by molar-refractivity contribution is 0.518. The second kappa shape index (κ2) is 6.72. The van der Waals surface area contributed by atoms with Gasteiger partial charge in [0.25, 0.3) is 0 Å². The predicted octanol–water partition coefficient (Wildman–Crippen LogP) is 3.13. The van der Waals surface area contributed by atoms with Crippen molar-refractivity contribution < 1.29 is 4.39 Å². The first kappa shape index (κ1) is 15.5. The monoisotopic (exact) mass is 290 g/mol. The molecule has 1 unspecified atom stereocenters. The van der Waals surface area contributed by atoms with Crippen LogP contribution in [0.25, 0.3) is 0 Å². The Balaban J connectivity index is 2.43. The SMILES string of the molecule is CCN(c1ccccc1F)C(CN)c1cncn1C(C)C. The first-order valence-electron chi connectivity index (χ1n) is 7.33. The van der Waals surface area contributed by atoms with Gasteiger partial charge in [-0.1, -0.05) is 12.1 Å². The first-order valence-corrected chi connectivity index (χ1v) is 7.33. The van der Waals surface area contributed by atoms with Crippen molar-refractivity contribution >= 4 is 5.69 Å². The summed E-state index contributed by atoms with van der Waals surface area (Å²) in [5.74, 6) is -0.228. The van der Waals surface area contributed by atoms with Crippen LogP contribution in [0.15, 0.2) is 36.8 Å². The summed E-state index contributed by atoms with van der Waals surface area (Å²) in [5, 5.41) is 0. The van der Waals surface area contributed by atoms with Crippen LogP contribution in [-0.2, 0) is 0 Å². The van der Waals surface area contributed by atoms with Gasteiger partial charge in [-0.25, -0.2) is 9.37 Å². The van der Waals surface area contributed by atoms with E-state index < -0.39 is 0 Å². The maximum Gasteiger partial charge on any atom is 0.146 e. The van der Waals surface area contributed by atoms with Crippen LogP contribution in [0, 0.1) is 5.82 Å². The van der Waals surface area contributed by atoms with Gasteiger partial charge in [0.05, 0.1) is 29.9 Å². The number of para-hydroxylation sites is 1. The quantitative estimate of drug-likeness (QED) is 0.889. The van der Waals surface area contributed by atoms with E-state index in [4.69, 9.17) is 5.73 Å². The molecule has 2 aromatic rings. The van der Waals surface area contributed by atoms with Crippen LogP contribution in [0.2, 0.25) is 0 Å². The fraction of sp³-hybridized carbons (Fsp3) is 0.438. The van der Waals surface area contributed by atoms with Crippen molar-refractivity contribution in [1.82, 2.24) is 9.55 Å². The van der Waals surface area contributed by atoms with Crippen LogP contribution in [-0.4, -0.2) is 22.6 Å². The summed E-state index contributed by atoms with van der Waals surface area (Å²) in [5.41, 5.74) is 7.58. The highest BCUT2D eigenvalue weighted by atomic mass is 19.1. The Kier molecular flexibility index (Phi) is 4.96. The number of nitrogens with two attached hydrogens (primary N) is 1. The minimum Gasteiger partial charge on any atom is -0.360 e. The zero-order chi connectivity index (χ0) is 15.4. The number of rotatable bonds is 6. The number of aromatic nitrogens is 2. The Morgan fingerprint density at radius 2 is 2.05 bits per heavy atom. The Morgan fingerprint density at radius 3 is 2.62 bits per heavy atom. The van der Waals surface area contributed by atoms with E-state index in [0.717, 1.165) is 5.69 Å². The van der Waals surface area contributed by atoms with Crippen LogP contribution in [0.5, 0.6) is 0 Å². The topological polar surface area (TPSA) is 47.1 Å². The van der Waals surface area contributed by atoms with Gasteiger partial charge in [0.2, 0.25) is 0 Å². The summed E-state index contributed by atoms with van der Waals surface area (Å²) in [4.78, 5) is 6.22. The highest BCUT2D eigenvalue weighted by molar-refractivity contribution is 5.49. The van der Waals surface area contributed by atoms with Gasteiger partial charge < -0.3 is 15.2 Å². The third-order valence-electron chi connectivity index (χ3n) is 3.70. The van der Waals surface area contributed by atoms with Crippen molar-refractivity contribution in [2.24, 2.45) is 5.73 Å². The third kappa shape index (κ3) is 3.08. The molecule has 0 aliphatic rings. The van der Waals surface area contributed by atoms with Gasteiger partial charge in [0, 0.05) is 19.1 Å².